The molecule has 5 rings (SSSR count). The first-order valence-corrected chi connectivity index (χ1v) is 10.6. The normalized spacial score (nSPS) is 15.1. The Morgan fingerprint density at radius 3 is 2.59 bits per heavy atom. The van der Waals surface area contributed by atoms with Gasteiger partial charge in [0.15, 0.2) is 5.82 Å². The Kier molecular flexibility index (Phi) is 5.30. The van der Waals surface area contributed by atoms with Crippen molar-refractivity contribution in [2.75, 3.05) is 38.1 Å². The second-order valence-corrected chi connectivity index (χ2v) is 7.98. The van der Waals surface area contributed by atoms with E-state index >= 15 is 0 Å². The number of benzene rings is 2. The Hall–Kier alpha value is -3.75. The van der Waals surface area contributed by atoms with Gasteiger partial charge in [-0.25, -0.2) is 15.1 Å². The van der Waals surface area contributed by atoms with E-state index in [1.807, 2.05) is 59.4 Å². The first kappa shape index (κ1) is 20.2. The van der Waals surface area contributed by atoms with Gasteiger partial charge in [0.25, 0.3) is 5.91 Å². The van der Waals surface area contributed by atoms with Gasteiger partial charge < -0.3 is 9.80 Å². The molecule has 1 saturated heterocycles. The third kappa shape index (κ3) is 3.81. The molecule has 32 heavy (non-hydrogen) atoms. The van der Waals surface area contributed by atoms with Crippen LogP contribution in [0.4, 0.5) is 5.82 Å². The molecule has 0 unspecified atom stereocenters. The number of pyridine rings is 1. The highest BCUT2D eigenvalue weighted by molar-refractivity contribution is 6.09. The molecule has 8 nitrogen and oxygen atoms in total. The van der Waals surface area contributed by atoms with Gasteiger partial charge in [-0.05, 0) is 43.0 Å². The average Bonchev–Trinajstić information content (AvgIpc) is 3.29. The van der Waals surface area contributed by atoms with Crippen LogP contribution in [0.5, 0.6) is 0 Å². The van der Waals surface area contributed by atoms with E-state index in [0.29, 0.717) is 0 Å². The van der Waals surface area contributed by atoms with Gasteiger partial charge in [0, 0.05) is 49.2 Å². The molecular formula is C24H24N6O2. The Labute approximate surface area is 185 Å². The number of piperazine rings is 1. The van der Waals surface area contributed by atoms with Gasteiger partial charge in [-0.3, -0.25) is 10.0 Å². The van der Waals surface area contributed by atoms with Crippen molar-refractivity contribution in [1.82, 2.24) is 25.1 Å². The molecular weight excluding hydrogens is 404 g/mol. The van der Waals surface area contributed by atoms with Crippen LogP contribution in [0.25, 0.3) is 33.6 Å². The molecule has 0 aliphatic carbocycles. The van der Waals surface area contributed by atoms with Crippen LogP contribution in [0, 0.1) is 0 Å². The molecule has 0 saturated carbocycles. The molecule has 1 fully saturated rings. The van der Waals surface area contributed by atoms with E-state index in [9.17, 15) is 4.79 Å². The van der Waals surface area contributed by atoms with Crippen LogP contribution in [0.15, 0.2) is 60.8 Å². The zero-order valence-electron chi connectivity index (χ0n) is 17.8. The number of hydrogen-bond acceptors (Lipinski definition) is 6. The number of nitrogens with zero attached hydrogens (tertiary/aromatic N) is 5. The predicted octanol–water partition coefficient (Wildman–Crippen LogP) is 2.84. The Morgan fingerprint density at radius 2 is 1.84 bits per heavy atom. The van der Waals surface area contributed by atoms with E-state index < -0.39 is 5.91 Å². The monoisotopic (exact) mass is 428 g/mol. The van der Waals surface area contributed by atoms with Gasteiger partial charge >= 0.3 is 0 Å². The number of anilines is 1. The maximum atomic E-state index is 11.4. The fourth-order valence-electron chi connectivity index (χ4n) is 4.03. The number of hydrogen-bond donors (Lipinski definition) is 2. The van der Waals surface area contributed by atoms with Gasteiger partial charge in [0.05, 0.1) is 11.2 Å². The summed E-state index contributed by atoms with van der Waals surface area (Å²) in [6, 6.07) is 15.9. The smallest absolute Gasteiger partial charge is 0.267 e. The average molecular weight is 428 g/mol. The molecule has 0 spiro atoms. The number of carbonyl (C=O) groups excluding carboxylic acids is 1. The zero-order valence-corrected chi connectivity index (χ0v) is 17.8. The second-order valence-electron chi connectivity index (χ2n) is 7.98. The molecule has 2 aromatic heterocycles. The molecule has 162 valence electrons. The van der Waals surface area contributed by atoms with Crippen LogP contribution in [0.3, 0.4) is 0 Å². The maximum absolute atomic E-state index is 11.4. The summed E-state index contributed by atoms with van der Waals surface area (Å²) >= 11 is 0. The number of fused-ring (bicyclic) bond motifs is 3. The number of likely N-dealkylation sites (N-methyl/N-ethyl adjacent to an activating group) is 1. The topological polar surface area (TPSA) is 86.5 Å². The van der Waals surface area contributed by atoms with Crippen molar-refractivity contribution in [3.05, 3.63) is 66.4 Å². The van der Waals surface area contributed by atoms with E-state index in [4.69, 9.17) is 15.3 Å². The highest BCUT2D eigenvalue weighted by Gasteiger charge is 2.21. The third-order valence-electron chi connectivity index (χ3n) is 5.82. The van der Waals surface area contributed by atoms with Gasteiger partial charge in [0.2, 0.25) is 0 Å². The molecule has 0 radical (unpaired) electrons. The summed E-state index contributed by atoms with van der Waals surface area (Å²) in [5, 5.41) is 15.6. The highest BCUT2D eigenvalue weighted by atomic mass is 16.5. The molecule has 8 heteroatoms. The van der Waals surface area contributed by atoms with Crippen LogP contribution in [0.1, 0.15) is 5.56 Å². The van der Waals surface area contributed by atoms with Crippen LogP contribution >= 0.6 is 0 Å². The van der Waals surface area contributed by atoms with Crippen LogP contribution in [-0.2, 0) is 4.79 Å². The number of hydroxylamine groups is 1. The van der Waals surface area contributed by atoms with Crippen molar-refractivity contribution in [3.63, 3.8) is 0 Å². The quantitative estimate of drug-likeness (QED) is 0.295. The summed E-state index contributed by atoms with van der Waals surface area (Å²) in [5.41, 5.74) is 5.17. The lowest BCUT2D eigenvalue weighted by molar-refractivity contribution is -0.124. The highest BCUT2D eigenvalue weighted by Crippen LogP contribution is 2.32. The first-order valence-electron chi connectivity index (χ1n) is 10.6. The summed E-state index contributed by atoms with van der Waals surface area (Å²) in [7, 11) is 2.14. The molecule has 3 heterocycles. The number of rotatable bonds is 4. The largest absolute Gasteiger partial charge is 0.352 e. The summed E-state index contributed by atoms with van der Waals surface area (Å²) < 4.78 is 1.90. The summed E-state index contributed by atoms with van der Waals surface area (Å²) in [4.78, 5) is 21.0. The number of carbonyl (C=O) groups is 1. The first-order chi connectivity index (χ1) is 15.6. The fourth-order valence-corrected chi connectivity index (χ4v) is 4.03. The predicted molar refractivity (Wildman–Crippen MR) is 125 cm³/mol. The number of nitrogens with one attached hydrogen (secondary N) is 1. The lowest BCUT2D eigenvalue weighted by Gasteiger charge is -2.33. The Balaban J connectivity index is 1.68. The maximum Gasteiger partial charge on any atom is 0.267 e. The van der Waals surface area contributed by atoms with E-state index in [2.05, 4.69) is 16.8 Å². The molecule has 1 aliphatic heterocycles. The van der Waals surface area contributed by atoms with Gasteiger partial charge in [-0.1, -0.05) is 24.3 Å². The molecule has 2 aromatic carbocycles. The van der Waals surface area contributed by atoms with Crippen molar-refractivity contribution in [2.24, 2.45) is 0 Å². The molecule has 1 amide bonds. The van der Waals surface area contributed by atoms with Gasteiger partial charge in [-0.15, -0.1) is 0 Å². The Morgan fingerprint density at radius 1 is 1.06 bits per heavy atom. The van der Waals surface area contributed by atoms with Crippen LogP contribution < -0.4 is 10.4 Å². The number of para-hydroxylation sites is 1. The van der Waals surface area contributed by atoms with E-state index in [1.54, 1.807) is 11.6 Å². The molecule has 4 aromatic rings. The van der Waals surface area contributed by atoms with Crippen molar-refractivity contribution in [3.8, 4) is 5.69 Å². The lowest BCUT2D eigenvalue weighted by atomic mass is 10.1. The summed E-state index contributed by atoms with van der Waals surface area (Å²) in [5.74, 6) is 0.328. The minimum Gasteiger partial charge on any atom is -0.352 e. The number of amides is 1. The zero-order chi connectivity index (χ0) is 22.1. The van der Waals surface area contributed by atoms with Crippen molar-refractivity contribution >= 4 is 39.6 Å². The SMILES string of the molecule is CN1CCN(c2nc3ccc(/C=C/C(=O)NO)cc3c3cn(-c4ccccc4)nc23)CC1. The third-order valence-corrected chi connectivity index (χ3v) is 5.82. The fraction of sp³-hybridized carbons (Fsp3) is 0.208. The van der Waals surface area contributed by atoms with E-state index in [-0.39, 0.29) is 0 Å². The van der Waals surface area contributed by atoms with E-state index in [0.717, 1.165) is 65.1 Å². The molecule has 0 atom stereocenters. The standard InChI is InChI=1S/C24H24N6O2/c1-28-11-13-29(14-12-28)24-23-20(16-30(26-23)18-5-3-2-4-6-18)19-15-17(7-9-21(19)25-24)8-10-22(31)27-32/h2-10,15-16,32H,11-14H2,1H3,(H,27,31)/b10-8+. The van der Waals surface area contributed by atoms with Crippen LogP contribution in [0.2, 0.25) is 0 Å². The molecule has 2 N–H and O–H groups in total. The van der Waals surface area contributed by atoms with Crippen molar-refractivity contribution in [1.29, 1.82) is 0 Å². The van der Waals surface area contributed by atoms with E-state index in [1.165, 1.54) is 6.08 Å². The molecule has 1 aliphatic rings. The van der Waals surface area contributed by atoms with Crippen LogP contribution in [-0.4, -0.2) is 64.0 Å². The van der Waals surface area contributed by atoms with Gasteiger partial charge in [0.1, 0.15) is 5.52 Å². The molecule has 0 bridgehead atoms. The Bertz CT molecular complexity index is 1310. The summed E-state index contributed by atoms with van der Waals surface area (Å²) in [6.45, 7) is 3.77. The van der Waals surface area contributed by atoms with Crippen molar-refractivity contribution in [2.45, 2.75) is 0 Å². The summed E-state index contributed by atoms with van der Waals surface area (Å²) in [6.07, 6.45) is 4.99. The van der Waals surface area contributed by atoms with Crippen molar-refractivity contribution < 1.29 is 10.0 Å². The minimum absolute atomic E-state index is 0.573. The van der Waals surface area contributed by atoms with Gasteiger partial charge in [-0.2, -0.15) is 5.10 Å². The lowest BCUT2D eigenvalue weighted by Crippen LogP contribution is -2.44. The number of aromatic nitrogens is 3. The second kappa shape index (κ2) is 8.41. The minimum atomic E-state index is -0.573.